The fraction of sp³-hybridized carbons (Fsp3) is 0.263. The van der Waals surface area contributed by atoms with Gasteiger partial charge in [-0.15, -0.1) is 0 Å². The van der Waals surface area contributed by atoms with Gasteiger partial charge in [0.15, 0.2) is 9.84 Å². The lowest BCUT2D eigenvalue weighted by Crippen LogP contribution is -2.39. The summed E-state index contributed by atoms with van der Waals surface area (Å²) < 4.78 is 67.8. The minimum atomic E-state index is -4.51. The van der Waals surface area contributed by atoms with Crippen molar-refractivity contribution in [3.05, 3.63) is 51.6 Å². The third-order valence-corrected chi connectivity index (χ3v) is 8.25. The van der Waals surface area contributed by atoms with Gasteiger partial charge in [0, 0.05) is 11.6 Å². The van der Waals surface area contributed by atoms with Crippen molar-refractivity contribution in [3.8, 4) is 11.3 Å². The third-order valence-electron chi connectivity index (χ3n) is 4.86. The number of furan rings is 1. The summed E-state index contributed by atoms with van der Waals surface area (Å²) in [7, 11) is -3.18. The van der Waals surface area contributed by atoms with Gasteiger partial charge in [0.05, 0.1) is 33.0 Å². The average Bonchev–Trinajstić information content (AvgIpc) is 3.33. The predicted molar refractivity (Wildman–Crippen MR) is 116 cm³/mol. The Kier molecular flexibility index (Phi) is 5.74. The normalized spacial score (nSPS) is 22.6. The molecule has 0 spiro atoms. The lowest BCUT2D eigenvalue weighted by molar-refractivity contribution is -0.137. The number of carbonyl (C=O) groups is 1. The van der Waals surface area contributed by atoms with Crippen LogP contribution in [0.5, 0.6) is 0 Å². The summed E-state index contributed by atoms with van der Waals surface area (Å²) in [6.45, 7) is 0. The molecule has 2 aliphatic rings. The number of rotatable bonds is 3. The summed E-state index contributed by atoms with van der Waals surface area (Å²) in [5.74, 6) is 0.0169. The van der Waals surface area contributed by atoms with Gasteiger partial charge >= 0.3 is 6.18 Å². The highest BCUT2D eigenvalue weighted by Crippen LogP contribution is 2.38. The van der Waals surface area contributed by atoms with Crippen LogP contribution in [-0.2, 0) is 20.8 Å². The smallest absolute Gasteiger partial charge is 0.416 e. The highest BCUT2D eigenvalue weighted by molar-refractivity contribution is 8.26. The van der Waals surface area contributed by atoms with Crippen molar-refractivity contribution in [2.45, 2.75) is 18.6 Å². The van der Waals surface area contributed by atoms with Gasteiger partial charge in [0.1, 0.15) is 15.8 Å². The van der Waals surface area contributed by atoms with Crippen LogP contribution in [0.15, 0.2) is 39.7 Å². The molecule has 164 valence electrons. The molecule has 12 heteroatoms. The molecule has 0 bridgehead atoms. The summed E-state index contributed by atoms with van der Waals surface area (Å²) in [5, 5.41) is -0.121. The maximum Gasteiger partial charge on any atom is 0.416 e. The third kappa shape index (κ3) is 4.55. The molecule has 2 fully saturated rings. The van der Waals surface area contributed by atoms with Crippen LogP contribution in [-0.4, -0.2) is 41.1 Å². The second-order valence-corrected chi connectivity index (χ2v) is 11.3. The van der Waals surface area contributed by atoms with Crippen LogP contribution in [0.3, 0.4) is 0 Å². The van der Waals surface area contributed by atoms with E-state index in [-0.39, 0.29) is 42.8 Å². The van der Waals surface area contributed by atoms with Crippen LogP contribution < -0.4 is 0 Å². The van der Waals surface area contributed by atoms with Gasteiger partial charge in [-0.2, -0.15) is 13.2 Å². The monoisotopic (exact) mass is 507 g/mol. The number of alkyl halides is 3. The Hall–Kier alpha value is -1.82. The molecule has 1 atom stereocenters. The van der Waals surface area contributed by atoms with Gasteiger partial charge in [-0.05, 0) is 36.8 Å². The first-order chi connectivity index (χ1) is 14.4. The Morgan fingerprint density at radius 1 is 1.26 bits per heavy atom. The van der Waals surface area contributed by atoms with Gasteiger partial charge in [-0.25, -0.2) is 8.42 Å². The zero-order valence-electron chi connectivity index (χ0n) is 15.5. The second-order valence-electron chi connectivity index (χ2n) is 7.00. The summed E-state index contributed by atoms with van der Waals surface area (Å²) in [4.78, 5) is 14.4. The molecular formula is C19H13ClF3NO4S3. The van der Waals surface area contributed by atoms with Crippen LogP contribution in [0.4, 0.5) is 13.2 Å². The Morgan fingerprint density at radius 2 is 2.00 bits per heavy atom. The number of amides is 1. The van der Waals surface area contributed by atoms with Gasteiger partial charge in [0.2, 0.25) is 0 Å². The van der Waals surface area contributed by atoms with Crippen molar-refractivity contribution in [1.82, 2.24) is 4.90 Å². The topological polar surface area (TPSA) is 67.6 Å². The van der Waals surface area contributed by atoms with E-state index in [2.05, 4.69) is 0 Å². The predicted octanol–water partition coefficient (Wildman–Crippen LogP) is 5.01. The van der Waals surface area contributed by atoms with Crippen LogP contribution >= 0.6 is 35.6 Å². The van der Waals surface area contributed by atoms with Crippen LogP contribution in [0.25, 0.3) is 17.4 Å². The first-order valence-corrected chi connectivity index (χ1v) is 12.3. The molecule has 1 aromatic carbocycles. The number of carbonyl (C=O) groups excluding carboxylic acids is 1. The number of sulfone groups is 1. The first kappa shape index (κ1) is 22.4. The molecule has 0 aliphatic carbocycles. The van der Waals surface area contributed by atoms with E-state index in [1.54, 1.807) is 6.07 Å². The zero-order valence-corrected chi connectivity index (χ0v) is 18.7. The number of thiocarbonyl (C=S) groups is 1. The van der Waals surface area contributed by atoms with Crippen LogP contribution in [0.1, 0.15) is 17.7 Å². The van der Waals surface area contributed by atoms with Gasteiger partial charge in [0.25, 0.3) is 5.91 Å². The average molecular weight is 508 g/mol. The molecule has 31 heavy (non-hydrogen) atoms. The quantitative estimate of drug-likeness (QED) is 0.430. The largest absolute Gasteiger partial charge is 0.457 e. The number of benzene rings is 1. The van der Waals surface area contributed by atoms with Crippen molar-refractivity contribution in [2.24, 2.45) is 0 Å². The van der Waals surface area contributed by atoms with Gasteiger partial charge in [-0.1, -0.05) is 35.6 Å². The van der Waals surface area contributed by atoms with E-state index in [0.717, 1.165) is 23.9 Å². The Morgan fingerprint density at radius 3 is 2.61 bits per heavy atom. The minimum absolute atomic E-state index is 0.0171. The fourth-order valence-corrected chi connectivity index (χ4v) is 6.72. The highest BCUT2D eigenvalue weighted by atomic mass is 35.5. The number of halogens is 4. The van der Waals surface area contributed by atoms with E-state index in [0.29, 0.717) is 6.42 Å². The first-order valence-electron chi connectivity index (χ1n) is 8.89. The molecule has 4 rings (SSSR count). The van der Waals surface area contributed by atoms with E-state index in [1.165, 1.54) is 23.1 Å². The molecule has 0 saturated carbocycles. The van der Waals surface area contributed by atoms with E-state index in [1.807, 2.05) is 0 Å². The molecule has 1 amide bonds. The Labute approximate surface area is 190 Å². The standard InChI is InChI=1S/C19H13ClF3NO4S3/c20-14-7-10(19(21,22)23)1-3-13(14)15-4-2-12(28-15)8-16-17(25)24(18(29)30-16)11-5-6-31(26,27)9-11/h1-4,7-8,11H,5-6,9H2/b16-8+. The molecule has 0 radical (unpaired) electrons. The summed E-state index contributed by atoms with van der Waals surface area (Å²) in [5.41, 5.74) is -0.594. The number of nitrogens with zero attached hydrogens (tertiary/aromatic N) is 1. The summed E-state index contributed by atoms with van der Waals surface area (Å²) in [6.07, 6.45) is -2.71. The van der Waals surface area contributed by atoms with Crippen LogP contribution in [0.2, 0.25) is 5.02 Å². The fourth-order valence-electron chi connectivity index (χ4n) is 3.37. The molecule has 3 heterocycles. The van der Waals surface area contributed by atoms with Crippen molar-refractivity contribution in [2.75, 3.05) is 11.5 Å². The second kappa shape index (κ2) is 7.95. The molecule has 1 unspecified atom stereocenters. The summed E-state index contributed by atoms with van der Waals surface area (Å²) >= 11 is 12.3. The molecule has 2 saturated heterocycles. The van der Waals surface area contributed by atoms with E-state index in [9.17, 15) is 26.4 Å². The van der Waals surface area contributed by atoms with Gasteiger partial charge in [-0.3, -0.25) is 9.69 Å². The number of hydrogen-bond donors (Lipinski definition) is 0. The number of thioether (sulfide) groups is 1. The Balaban J connectivity index is 1.56. The number of hydrogen-bond acceptors (Lipinski definition) is 6. The Bertz CT molecular complexity index is 1220. The maximum absolute atomic E-state index is 12.8. The van der Waals surface area contributed by atoms with E-state index in [4.69, 9.17) is 28.2 Å². The molecule has 2 aromatic rings. The molecular weight excluding hydrogens is 495 g/mol. The van der Waals surface area contributed by atoms with Gasteiger partial charge < -0.3 is 4.42 Å². The lowest BCUT2D eigenvalue weighted by atomic mass is 10.1. The van der Waals surface area contributed by atoms with Crippen LogP contribution in [0, 0.1) is 0 Å². The summed E-state index contributed by atoms with van der Waals surface area (Å²) in [6, 6.07) is 5.54. The van der Waals surface area contributed by atoms with Crippen molar-refractivity contribution >= 4 is 61.7 Å². The van der Waals surface area contributed by atoms with E-state index >= 15 is 0 Å². The molecule has 5 nitrogen and oxygen atoms in total. The molecule has 2 aliphatic heterocycles. The highest BCUT2D eigenvalue weighted by Gasteiger charge is 2.42. The SMILES string of the molecule is O=C1/C(=C\c2ccc(-c3ccc(C(F)(F)F)cc3Cl)o2)SC(=S)N1C1CCS(=O)(=O)C1. The lowest BCUT2D eigenvalue weighted by Gasteiger charge is -2.20. The molecule has 1 aromatic heterocycles. The van der Waals surface area contributed by atoms with Crippen molar-refractivity contribution in [1.29, 1.82) is 0 Å². The molecule has 0 N–H and O–H groups in total. The van der Waals surface area contributed by atoms with Crippen molar-refractivity contribution in [3.63, 3.8) is 0 Å². The minimum Gasteiger partial charge on any atom is -0.457 e. The maximum atomic E-state index is 12.8. The van der Waals surface area contributed by atoms with E-state index < -0.39 is 33.5 Å². The van der Waals surface area contributed by atoms with Crippen molar-refractivity contribution < 1.29 is 30.8 Å². The zero-order chi connectivity index (χ0) is 22.6.